The molecule has 0 radical (unpaired) electrons. The summed E-state index contributed by atoms with van der Waals surface area (Å²) in [7, 11) is 1.72. The highest BCUT2D eigenvalue weighted by molar-refractivity contribution is 5.94. The number of hydrogen-bond acceptors (Lipinski definition) is 3. The molecule has 0 bridgehead atoms. The molecule has 6 nitrogen and oxygen atoms in total. The molecule has 1 fully saturated rings. The number of rotatable bonds is 3. The van der Waals surface area contributed by atoms with Crippen LogP contribution in [-0.4, -0.2) is 44.8 Å². The molecule has 0 spiro atoms. The lowest BCUT2D eigenvalue weighted by molar-refractivity contribution is -0.146. The van der Waals surface area contributed by atoms with E-state index in [1.165, 1.54) is 4.90 Å². The minimum Gasteiger partial charge on any atom is -0.481 e. The Balaban J connectivity index is 2.06. The molecule has 1 aliphatic rings. The third-order valence-electron chi connectivity index (χ3n) is 3.03. The van der Waals surface area contributed by atoms with Crippen LogP contribution < -0.4 is 0 Å². The number of carboxylic acids is 1. The smallest absolute Gasteiger partial charge is 0.310 e. The number of hydrogen-bond donors (Lipinski definition) is 1. The van der Waals surface area contributed by atoms with Crippen molar-refractivity contribution in [3.05, 3.63) is 17.5 Å². The van der Waals surface area contributed by atoms with Crippen LogP contribution in [0.4, 0.5) is 0 Å². The maximum Gasteiger partial charge on any atom is 0.310 e. The Morgan fingerprint density at radius 1 is 1.53 bits per heavy atom. The lowest BCUT2D eigenvalue weighted by atomic mass is 10.00. The maximum atomic E-state index is 12.0. The summed E-state index contributed by atoms with van der Waals surface area (Å²) >= 11 is 0. The van der Waals surface area contributed by atoms with Crippen LogP contribution in [0.3, 0.4) is 0 Å². The fourth-order valence-electron chi connectivity index (χ4n) is 1.86. The Kier molecular flexibility index (Phi) is 2.87. The number of amides is 1. The first-order valence-corrected chi connectivity index (χ1v) is 5.58. The minimum atomic E-state index is -0.840. The van der Waals surface area contributed by atoms with E-state index >= 15 is 0 Å². The third-order valence-corrected chi connectivity index (χ3v) is 3.03. The topological polar surface area (TPSA) is 75.4 Å². The number of aromatic nitrogens is 2. The highest BCUT2D eigenvalue weighted by atomic mass is 16.4. The Morgan fingerprint density at radius 3 is 2.65 bits per heavy atom. The summed E-state index contributed by atoms with van der Waals surface area (Å²) in [6, 6.07) is 1.76. The number of carbonyl (C=O) groups is 2. The third kappa shape index (κ3) is 2.02. The lowest BCUT2D eigenvalue weighted by Crippen LogP contribution is -2.53. The Morgan fingerprint density at radius 2 is 2.18 bits per heavy atom. The second-order valence-electron chi connectivity index (χ2n) is 4.24. The van der Waals surface area contributed by atoms with Crippen molar-refractivity contribution < 1.29 is 14.7 Å². The predicted octanol–water partition coefficient (Wildman–Crippen LogP) is 0.139. The van der Waals surface area contributed by atoms with Gasteiger partial charge in [-0.3, -0.25) is 14.3 Å². The van der Waals surface area contributed by atoms with Gasteiger partial charge in [-0.2, -0.15) is 5.10 Å². The van der Waals surface area contributed by atoms with E-state index in [4.69, 9.17) is 5.11 Å². The van der Waals surface area contributed by atoms with Gasteiger partial charge in [-0.05, 0) is 12.5 Å². The van der Waals surface area contributed by atoms with Crippen LogP contribution in [0.15, 0.2) is 6.07 Å². The fraction of sp³-hybridized carbons (Fsp3) is 0.545. The van der Waals surface area contributed by atoms with E-state index in [1.807, 2.05) is 6.92 Å². The molecule has 0 aliphatic carbocycles. The van der Waals surface area contributed by atoms with Crippen LogP contribution in [0.2, 0.25) is 0 Å². The van der Waals surface area contributed by atoms with Crippen molar-refractivity contribution in [2.24, 2.45) is 13.0 Å². The average Bonchev–Trinajstić information content (AvgIpc) is 2.56. The van der Waals surface area contributed by atoms with Gasteiger partial charge in [-0.1, -0.05) is 6.92 Å². The average molecular weight is 237 g/mol. The normalized spacial score (nSPS) is 15.8. The van der Waals surface area contributed by atoms with Crippen molar-refractivity contribution in [2.75, 3.05) is 13.1 Å². The van der Waals surface area contributed by atoms with Crippen LogP contribution in [0.25, 0.3) is 0 Å². The van der Waals surface area contributed by atoms with E-state index in [0.29, 0.717) is 18.8 Å². The molecule has 1 N–H and O–H groups in total. The standard InChI is InChI=1S/C11H15N3O3/c1-3-8-4-9(13(2)12-8)10(15)14-5-7(6-14)11(16)17/h4,7H,3,5-6H2,1-2H3,(H,16,17). The van der Waals surface area contributed by atoms with E-state index in [0.717, 1.165) is 12.1 Å². The zero-order valence-electron chi connectivity index (χ0n) is 9.88. The lowest BCUT2D eigenvalue weighted by Gasteiger charge is -2.36. The molecule has 0 atom stereocenters. The number of likely N-dealkylation sites (tertiary alicyclic amines) is 1. The molecule has 1 aromatic heterocycles. The van der Waals surface area contributed by atoms with E-state index in [9.17, 15) is 9.59 Å². The summed E-state index contributed by atoms with van der Waals surface area (Å²) in [4.78, 5) is 24.2. The summed E-state index contributed by atoms with van der Waals surface area (Å²) in [5.74, 6) is -1.40. The number of nitrogens with zero attached hydrogens (tertiary/aromatic N) is 3. The first-order chi connectivity index (χ1) is 8.02. The van der Waals surface area contributed by atoms with Gasteiger partial charge in [0.2, 0.25) is 0 Å². The van der Waals surface area contributed by atoms with E-state index in [1.54, 1.807) is 17.8 Å². The number of aliphatic carboxylic acids is 1. The van der Waals surface area contributed by atoms with Crippen molar-refractivity contribution in [2.45, 2.75) is 13.3 Å². The first kappa shape index (κ1) is 11.6. The van der Waals surface area contributed by atoms with Crippen molar-refractivity contribution in [3.63, 3.8) is 0 Å². The Labute approximate surface area is 98.8 Å². The monoisotopic (exact) mass is 237 g/mol. The number of aryl methyl sites for hydroxylation is 2. The zero-order chi connectivity index (χ0) is 12.6. The summed E-state index contributed by atoms with van der Waals surface area (Å²) < 4.78 is 1.55. The highest BCUT2D eigenvalue weighted by Gasteiger charge is 2.36. The summed E-state index contributed by atoms with van der Waals surface area (Å²) in [5, 5.41) is 12.9. The maximum absolute atomic E-state index is 12.0. The molecule has 1 saturated heterocycles. The summed E-state index contributed by atoms with van der Waals surface area (Å²) in [5.41, 5.74) is 1.39. The quantitative estimate of drug-likeness (QED) is 0.811. The zero-order valence-corrected chi connectivity index (χ0v) is 9.88. The molecular formula is C11H15N3O3. The van der Waals surface area contributed by atoms with Crippen molar-refractivity contribution >= 4 is 11.9 Å². The SMILES string of the molecule is CCc1cc(C(=O)N2CC(C(=O)O)C2)n(C)n1. The molecule has 6 heteroatoms. The fourth-order valence-corrected chi connectivity index (χ4v) is 1.86. The van der Waals surface area contributed by atoms with Crippen LogP contribution in [0, 0.1) is 5.92 Å². The van der Waals surface area contributed by atoms with Gasteiger partial charge in [0.15, 0.2) is 0 Å². The molecule has 2 heterocycles. The molecular weight excluding hydrogens is 222 g/mol. The van der Waals surface area contributed by atoms with Crippen LogP contribution in [0.5, 0.6) is 0 Å². The van der Waals surface area contributed by atoms with E-state index in [-0.39, 0.29) is 5.91 Å². The van der Waals surface area contributed by atoms with Gasteiger partial charge in [0.1, 0.15) is 5.69 Å². The van der Waals surface area contributed by atoms with E-state index < -0.39 is 11.9 Å². The van der Waals surface area contributed by atoms with Crippen molar-refractivity contribution in [3.8, 4) is 0 Å². The molecule has 0 unspecified atom stereocenters. The first-order valence-electron chi connectivity index (χ1n) is 5.58. The molecule has 1 aliphatic heterocycles. The summed E-state index contributed by atoms with van der Waals surface area (Å²) in [6.45, 7) is 2.56. The predicted molar refractivity (Wildman–Crippen MR) is 59.6 cm³/mol. The van der Waals surface area contributed by atoms with Crippen LogP contribution in [0.1, 0.15) is 23.1 Å². The van der Waals surface area contributed by atoms with Crippen LogP contribution >= 0.6 is 0 Å². The van der Waals surface area contributed by atoms with Gasteiger partial charge < -0.3 is 10.0 Å². The second kappa shape index (κ2) is 4.20. The van der Waals surface area contributed by atoms with Crippen LogP contribution in [-0.2, 0) is 18.3 Å². The minimum absolute atomic E-state index is 0.141. The number of carboxylic acid groups (broad SMARTS) is 1. The second-order valence-corrected chi connectivity index (χ2v) is 4.24. The molecule has 0 aromatic carbocycles. The summed E-state index contributed by atoms with van der Waals surface area (Å²) in [6.07, 6.45) is 0.777. The van der Waals surface area contributed by atoms with E-state index in [2.05, 4.69) is 5.10 Å². The Hall–Kier alpha value is -1.85. The number of carbonyl (C=O) groups excluding carboxylic acids is 1. The molecule has 1 aromatic rings. The molecule has 2 rings (SSSR count). The van der Waals surface area contributed by atoms with Gasteiger partial charge >= 0.3 is 5.97 Å². The van der Waals surface area contributed by atoms with Crippen molar-refractivity contribution in [1.82, 2.24) is 14.7 Å². The molecule has 17 heavy (non-hydrogen) atoms. The highest BCUT2D eigenvalue weighted by Crippen LogP contribution is 2.19. The Bertz CT molecular complexity index is 461. The van der Waals surface area contributed by atoms with Crippen molar-refractivity contribution in [1.29, 1.82) is 0 Å². The molecule has 0 saturated carbocycles. The molecule has 1 amide bonds. The molecule has 92 valence electrons. The van der Waals surface area contributed by atoms with Gasteiger partial charge in [-0.25, -0.2) is 0 Å². The van der Waals surface area contributed by atoms with Gasteiger partial charge in [-0.15, -0.1) is 0 Å². The largest absolute Gasteiger partial charge is 0.481 e. The van der Waals surface area contributed by atoms with Gasteiger partial charge in [0.25, 0.3) is 5.91 Å². The van der Waals surface area contributed by atoms with Gasteiger partial charge in [0.05, 0.1) is 11.6 Å². The van der Waals surface area contributed by atoms with Gasteiger partial charge in [0, 0.05) is 20.1 Å².